The van der Waals surface area contributed by atoms with Crippen LogP contribution in [0.1, 0.15) is 64.0 Å². The molecule has 1 heterocycles. The van der Waals surface area contributed by atoms with Crippen LogP contribution >= 0.6 is 19.6 Å². The average molecular weight is 834 g/mol. The molecule has 54 heavy (non-hydrogen) atoms. The van der Waals surface area contributed by atoms with Crippen LogP contribution in [0.4, 0.5) is 11.4 Å². The van der Waals surface area contributed by atoms with Gasteiger partial charge in [0.1, 0.15) is 18.3 Å². The Morgan fingerprint density at radius 1 is 0.963 bits per heavy atom. The number of carbonyl (C=O) groups excluding carboxylic acids is 2. The van der Waals surface area contributed by atoms with E-state index in [9.17, 15) is 22.8 Å². The number of amides is 2. The van der Waals surface area contributed by atoms with Gasteiger partial charge in [-0.25, -0.2) is 13.0 Å². The minimum Gasteiger partial charge on any atom is -0.483 e. The van der Waals surface area contributed by atoms with Gasteiger partial charge >= 0.3 is 13.8 Å². The van der Waals surface area contributed by atoms with Crippen molar-refractivity contribution in [3.05, 3.63) is 78.4 Å². The van der Waals surface area contributed by atoms with Crippen molar-refractivity contribution in [3.63, 3.8) is 0 Å². The summed E-state index contributed by atoms with van der Waals surface area (Å²) in [6.45, 7) is 3.70. The molecule has 0 fully saturated rings. The quantitative estimate of drug-likeness (QED) is 0.0648. The molecule has 3 aromatic rings. The van der Waals surface area contributed by atoms with Crippen LogP contribution in [0.25, 0.3) is 0 Å². The van der Waals surface area contributed by atoms with Crippen molar-refractivity contribution < 1.29 is 51.9 Å². The first kappa shape index (κ1) is 47.5. The van der Waals surface area contributed by atoms with Crippen LogP contribution in [-0.4, -0.2) is 115 Å². The molecule has 0 saturated heterocycles. The van der Waals surface area contributed by atoms with Crippen molar-refractivity contribution in [3.8, 4) is 5.75 Å². The number of carboxylic acid groups (broad SMARTS) is 1. The van der Waals surface area contributed by atoms with Crippen LogP contribution in [-0.2, 0) is 28.8 Å². The van der Waals surface area contributed by atoms with Crippen molar-refractivity contribution in [2.45, 2.75) is 68.2 Å². The second-order valence-corrected chi connectivity index (χ2v) is 16.5. The second kappa shape index (κ2) is 22.2. The van der Waals surface area contributed by atoms with Crippen LogP contribution in [0.3, 0.4) is 0 Å². The number of para-hydroxylation sites is 1. The van der Waals surface area contributed by atoms with Crippen molar-refractivity contribution in [1.82, 2.24) is 10.6 Å². The Bertz CT molecular complexity index is 1830. The van der Waals surface area contributed by atoms with Crippen molar-refractivity contribution in [2.75, 3.05) is 36.6 Å². The molecule has 4 rings (SSSR count). The monoisotopic (exact) mass is 833 g/mol. The zero-order valence-electron chi connectivity index (χ0n) is 30.6. The first-order valence-corrected chi connectivity index (χ1v) is 21.5. The van der Waals surface area contributed by atoms with Crippen LogP contribution in [0.2, 0.25) is 0 Å². The third-order valence-electron chi connectivity index (χ3n) is 8.52. The Hall–Kier alpha value is -2.66. The number of fused-ring (bicyclic) bond motifs is 1. The minimum atomic E-state index is -4.64. The van der Waals surface area contributed by atoms with E-state index in [0.29, 0.717) is 22.7 Å². The fourth-order valence-corrected chi connectivity index (χ4v) is 8.80. The van der Waals surface area contributed by atoms with E-state index < -0.39 is 60.1 Å². The average Bonchev–Trinajstić information content (AvgIpc) is 3.21. The molecule has 2 amide bonds. The number of phosphoric acid groups is 1. The Kier molecular flexibility index (Phi) is 19.5. The van der Waals surface area contributed by atoms with E-state index in [-0.39, 0.29) is 54.1 Å². The van der Waals surface area contributed by atoms with Crippen molar-refractivity contribution in [1.29, 1.82) is 0 Å². The van der Waals surface area contributed by atoms with E-state index >= 15 is 0 Å². The van der Waals surface area contributed by atoms with Crippen LogP contribution in [0, 0.1) is 5.41 Å². The maximum absolute atomic E-state index is 14.3. The Morgan fingerprint density at radius 3 is 2.04 bits per heavy atom. The molecule has 14 nitrogen and oxygen atoms in total. The van der Waals surface area contributed by atoms with Gasteiger partial charge in [-0.15, -0.1) is 11.8 Å². The largest absolute Gasteiger partial charge is 0.483 e. The summed E-state index contributed by atoms with van der Waals surface area (Å²) in [5.74, 6) is -2.28. The molecule has 292 valence electrons. The van der Waals surface area contributed by atoms with E-state index in [1.54, 1.807) is 30.3 Å². The first-order chi connectivity index (χ1) is 25.0. The number of hydrogen-bond acceptors (Lipinski definition) is 9. The molecular formula is C36H48CaN3O11PS2. The summed E-state index contributed by atoms with van der Waals surface area (Å²) >= 11 is 1.38. The van der Waals surface area contributed by atoms with E-state index in [1.807, 2.05) is 42.7 Å². The van der Waals surface area contributed by atoms with Crippen LogP contribution < -0.4 is 20.3 Å². The molecule has 1 aliphatic rings. The summed E-state index contributed by atoms with van der Waals surface area (Å²) in [7, 11) is -8.42. The van der Waals surface area contributed by atoms with Gasteiger partial charge in [0.05, 0.1) is 21.2 Å². The molecule has 1 aliphatic heterocycles. The number of nitrogens with zero attached hydrogens (tertiary/aromatic N) is 1. The molecular weight excluding hydrogens is 786 g/mol. The van der Waals surface area contributed by atoms with Crippen LogP contribution in [0.5, 0.6) is 5.75 Å². The number of ether oxygens (including phenoxy) is 1. The van der Waals surface area contributed by atoms with Gasteiger partial charge in [-0.2, -0.15) is 0 Å². The van der Waals surface area contributed by atoms with Gasteiger partial charge in [0.2, 0.25) is 5.91 Å². The predicted octanol–water partition coefficient (Wildman–Crippen LogP) is 4.83. The maximum atomic E-state index is 14.3. The van der Waals surface area contributed by atoms with Gasteiger partial charge in [0, 0.05) is 61.5 Å². The van der Waals surface area contributed by atoms with E-state index in [0.717, 1.165) is 44.2 Å². The molecule has 0 aliphatic carbocycles. The SMILES string of the molecule is CCCCC1(CCCC)CN(c2ccccc2)c2cc(SC)c(OCC(=O)N[C@@H](C(=O)NCC(=O)O)c3ccccc3)cc2S(=O)(=O)C1.O=P(O)(O)O.[Ca]. The Morgan fingerprint density at radius 2 is 1.52 bits per heavy atom. The normalized spacial score (nSPS) is 14.8. The third-order valence-corrected chi connectivity index (χ3v) is 11.3. The molecule has 0 saturated carbocycles. The fourth-order valence-electron chi connectivity index (χ4n) is 6.14. The number of thioether (sulfide) groups is 1. The zero-order valence-corrected chi connectivity index (χ0v) is 35.4. The molecule has 1 atom stereocenters. The topological polar surface area (TPSA) is 220 Å². The molecule has 0 spiro atoms. The summed E-state index contributed by atoms with van der Waals surface area (Å²) in [6.07, 6.45) is 7.23. The summed E-state index contributed by atoms with van der Waals surface area (Å²) in [5, 5.41) is 13.9. The maximum Gasteiger partial charge on any atom is 0.466 e. The second-order valence-electron chi connectivity index (χ2n) is 12.7. The summed E-state index contributed by atoms with van der Waals surface area (Å²) in [4.78, 5) is 61.6. The Balaban J connectivity index is 0.00000157. The van der Waals surface area contributed by atoms with Gasteiger partial charge in [-0.05, 0) is 42.9 Å². The molecule has 0 bridgehead atoms. The van der Waals surface area contributed by atoms with Crippen LogP contribution in [0.15, 0.2) is 82.6 Å². The van der Waals surface area contributed by atoms with E-state index in [4.69, 9.17) is 29.1 Å². The van der Waals surface area contributed by atoms with Crippen molar-refractivity contribution >= 4 is 96.3 Å². The number of rotatable bonds is 16. The fraction of sp³-hybridized carbons (Fsp3) is 0.417. The van der Waals surface area contributed by atoms with Gasteiger partial charge in [-0.3, -0.25) is 14.4 Å². The molecule has 2 radical (unpaired) electrons. The summed E-state index contributed by atoms with van der Waals surface area (Å²) in [5.41, 5.74) is 1.50. The molecule has 0 aromatic heterocycles. The molecule has 18 heteroatoms. The number of benzene rings is 3. The smallest absolute Gasteiger partial charge is 0.466 e. The molecule has 0 unspecified atom stereocenters. The van der Waals surface area contributed by atoms with Crippen molar-refractivity contribution in [2.24, 2.45) is 5.41 Å². The number of unbranched alkanes of at least 4 members (excludes halogenated alkanes) is 2. The number of carboxylic acids is 1. The predicted molar refractivity (Wildman–Crippen MR) is 209 cm³/mol. The number of anilines is 2. The Labute approximate surface area is 350 Å². The summed E-state index contributed by atoms with van der Waals surface area (Å²) < 4.78 is 43.5. The van der Waals surface area contributed by atoms with Gasteiger partial charge < -0.3 is 40.1 Å². The zero-order chi connectivity index (χ0) is 39.2. The number of aliphatic carboxylic acids is 1. The van der Waals surface area contributed by atoms with Gasteiger partial charge in [0.15, 0.2) is 16.4 Å². The number of sulfone groups is 1. The van der Waals surface area contributed by atoms with Gasteiger partial charge in [0.25, 0.3) is 5.91 Å². The number of carbonyl (C=O) groups is 3. The third kappa shape index (κ3) is 14.8. The van der Waals surface area contributed by atoms with E-state index in [1.165, 1.54) is 17.8 Å². The van der Waals surface area contributed by atoms with E-state index in [2.05, 4.69) is 29.4 Å². The number of nitrogens with one attached hydrogen (secondary N) is 2. The first-order valence-electron chi connectivity index (χ1n) is 17.0. The molecule has 6 N–H and O–H groups in total. The molecule has 3 aromatic carbocycles. The minimum absolute atomic E-state index is 0. The number of hydrogen-bond donors (Lipinski definition) is 6. The summed E-state index contributed by atoms with van der Waals surface area (Å²) in [6, 6.07) is 20.5. The van der Waals surface area contributed by atoms with Gasteiger partial charge in [-0.1, -0.05) is 88.1 Å². The standard InChI is InChI=1S/C36H45N3O7S2.Ca.H3O4P/c1-4-6-18-36(19-7-5-2)24-39(27-16-12-9-13-17-27)28-20-30(47-3)29(21-31(28)48(44,45)25-36)46-23-32(40)38-34(26-14-10-8-11-15-26)35(43)37-22-33(41)42;;1-5(2,3)4/h8-17,20-21,34H,4-7,18-19,22-25H2,1-3H3,(H,37,43)(H,38,40)(H,41,42);;(H3,1,2,3,4)/t34-;;/m1../s1.